The van der Waals surface area contributed by atoms with E-state index in [1.165, 1.54) is 11.6 Å². The zero-order valence-electron chi connectivity index (χ0n) is 9.72. The lowest BCUT2D eigenvalue weighted by molar-refractivity contribution is 0.307. The maximum Gasteiger partial charge on any atom is 0.218 e. The van der Waals surface area contributed by atoms with E-state index in [9.17, 15) is 0 Å². The van der Waals surface area contributed by atoms with Crippen molar-refractivity contribution in [2.45, 2.75) is 32.9 Å². The Kier molecular flexibility index (Phi) is 5.03. The number of halogens is 1. The molecule has 0 atom stereocenters. The molecular formula is C12H19BrOSi. The number of benzene rings is 1. The second-order valence-corrected chi connectivity index (χ2v) is 9.02. The Hall–Kier alpha value is -0.123. The molecule has 15 heavy (non-hydrogen) atoms. The van der Waals surface area contributed by atoms with Crippen molar-refractivity contribution < 1.29 is 4.43 Å². The fourth-order valence-electron chi connectivity index (χ4n) is 1.41. The van der Waals surface area contributed by atoms with Crippen LogP contribution in [-0.4, -0.2) is 14.9 Å². The van der Waals surface area contributed by atoms with Crippen LogP contribution in [0.2, 0.25) is 13.1 Å². The molecule has 84 valence electrons. The van der Waals surface area contributed by atoms with E-state index in [4.69, 9.17) is 4.43 Å². The predicted octanol–water partition coefficient (Wildman–Crippen LogP) is 3.68. The average molecular weight is 287 g/mol. The van der Waals surface area contributed by atoms with E-state index in [-0.39, 0.29) is 0 Å². The van der Waals surface area contributed by atoms with E-state index < -0.39 is 8.32 Å². The van der Waals surface area contributed by atoms with E-state index in [0.29, 0.717) is 0 Å². The molecule has 0 fully saturated rings. The van der Waals surface area contributed by atoms with Gasteiger partial charge in [0.25, 0.3) is 0 Å². The molecule has 0 bridgehead atoms. The van der Waals surface area contributed by atoms with Crippen molar-refractivity contribution in [3.63, 3.8) is 0 Å². The lowest BCUT2D eigenvalue weighted by Gasteiger charge is -2.23. The highest BCUT2D eigenvalue weighted by atomic mass is 79.9. The van der Waals surface area contributed by atoms with Crippen LogP contribution in [0.4, 0.5) is 0 Å². The molecule has 0 saturated carbocycles. The third kappa shape index (κ3) is 4.09. The van der Waals surface area contributed by atoms with Gasteiger partial charge in [-0.2, -0.15) is 0 Å². The Bertz CT molecular complexity index is 295. The van der Waals surface area contributed by atoms with Gasteiger partial charge in [0.15, 0.2) is 0 Å². The van der Waals surface area contributed by atoms with Crippen LogP contribution in [0.25, 0.3) is 0 Å². The SMILES string of the molecule is CCCCO[Si](C)(C)c1ccc(Br)cc1. The molecule has 0 aliphatic rings. The van der Waals surface area contributed by atoms with Crippen LogP contribution in [0.3, 0.4) is 0 Å². The number of unbranched alkanes of at least 4 members (excludes halogenated alkanes) is 1. The molecule has 0 spiro atoms. The standard InChI is InChI=1S/C12H19BrOSi/c1-4-5-10-14-15(2,3)12-8-6-11(13)7-9-12/h6-9H,4-5,10H2,1-3H3. The van der Waals surface area contributed by atoms with E-state index in [0.717, 1.165) is 17.5 Å². The van der Waals surface area contributed by atoms with Gasteiger partial charge in [-0.05, 0) is 36.8 Å². The van der Waals surface area contributed by atoms with Crippen LogP contribution in [-0.2, 0) is 4.43 Å². The van der Waals surface area contributed by atoms with Crippen LogP contribution >= 0.6 is 15.9 Å². The fourth-order valence-corrected chi connectivity index (χ4v) is 3.46. The highest BCUT2D eigenvalue weighted by molar-refractivity contribution is 9.10. The first-order chi connectivity index (χ1) is 7.06. The number of hydrogen-bond donors (Lipinski definition) is 0. The Morgan fingerprint density at radius 1 is 1.20 bits per heavy atom. The van der Waals surface area contributed by atoms with Crippen LogP contribution in [0, 0.1) is 0 Å². The molecule has 0 aliphatic carbocycles. The number of rotatable bonds is 5. The molecule has 1 rings (SSSR count). The largest absolute Gasteiger partial charge is 0.413 e. The van der Waals surface area contributed by atoms with E-state index in [1.807, 2.05) is 0 Å². The molecule has 0 saturated heterocycles. The summed E-state index contributed by atoms with van der Waals surface area (Å²) < 4.78 is 7.15. The summed E-state index contributed by atoms with van der Waals surface area (Å²) in [5.74, 6) is 0. The van der Waals surface area contributed by atoms with Gasteiger partial charge in [0, 0.05) is 11.1 Å². The topological polar surface area (TPSA) is 9.23 Å². The zero-order valence-corrected chi connectivity index (χ0v) is 12.3. The molecule has 0 amide bonds. The molecule has 1 aromatic rings. The van der Waals surface area contributed by atoms with E-state index in [1.54, 1.807) is 0 Å². The first-order valence-corrected chi connectivity index (χ1v) is 9.16. The zero-order chi connectivity index (χ0) is 11.3. The molecule has 0 unspecified atom stereocenters. The van der Waals surface area contributed by atoms with Gasteiger partial charge >= 0.3 is 0 Å². The van der Waals surface area contributed by atoms with Gasteiger partial charge in [0.05, 0.1) is 0 Å². The number of hydrogen-bond acceptors (Lipinski definition) is 1. The minimum atomic E-state index is -1.66. The fraction of sp³-hybridized carbons (Fsp3) is 0.500. The summed E-state index contributed by atoms with van der Waals surface area (Å²) in [6.07, 6.45) is 2.36. The minimum Gasteiger partial charge on any atom is -0.413 e. The molecule has 1 aromatic carbocycles. The van der Waals surface area contributed by atoms with Gasteiger partial charge in [0.2, 0.25) is 8.32 Å². The summed E-state index contributed by atoms with van der Waals surface area (Å²) in [4.78, 5) is 0. The molecule has 0 radical (unpaired) electrons. The van der Waals surface area contributed by atoms with Crippen molar-refractivity contribution in [1.82, 2.24) is 0 Å². The summed E-state index contributed by atoms with van der Waals surface area (Å²) in [6, 6.07) is 8.52. The summed E-state index contributed by atoms with van der Waals surface area (Å²) in [5.41, 5.74) is 0. The average Bonchev–Trinajstić information content (AvgIpc) is 2.18. The molecule has 0 aliphatic heterocycles. The highest BCUT2D eigenvalue weighted by Gasteiger charge is 2.24. The Balaban J connectivity index is 2.63. The summed E-state index contributed by atoms with van der Waals surface area (Å²) in [7, 11) is -1.66. The van der Waals surface area contributed by atoms with Crippen LogP contribution < -0.4 is 5.19 Å². The lowest BCUT2D eigenvalue weighted by Crippen LogP contribution is -2.44. The second kappa shape index (κ2) is 5.82. The Labute approximate surface area is 102 Å². The maximum atomic E-state index is 6.02. The third-order valence-electron chi connectivity index (χ3n) is 2.50. The van der Waals surface area contributed by atoms with Gasteiger partial charge in [-0.1, -0.05) is 41.4 Å². The Morgan fingerprint density at radius 2 is 1.80 bits per heavy atom. The van der Waals surface area contributed by atoms with Crippen LogP contribution in [0.15, 0.2) is 28.7 Å². The summed E-state index contributed by atoms with van der Waals surface area (Å²) in [6.45, 7) is 7.60. The van der Waals surface area contributed by atoms with Gasteiger partial charge < -0.3 is 4.43 Å². The normalized spacial score (nSPS) is 11.7. The second-order valence-electron chi connectivity index (χ2n) is 4.22. The minimum absolute atomic E-state index is 0.895. The van der Waals surface area contributed by atoms with Gasteiger partial charge in [-0.3, -0.25) is 0 Å². The van der Waals surface area contributed by atoms with Crippen molar-refractivity contribution in [3.05, 3.63) is 28.7 Å². The molecule has 0 aromatic heterocycles. The van der Waals surface area contributed by atoms with E-state index in [2.05, 4.69) is 60.2 Å². The first kappa shape index (κ1) is 12.9. The van der Waals surface area contributed by atoms with E-state index >= 15 is 0 Å². The summed E-state index contributed by atoms with van der Waals surface area (Å²) >= 11 is 3.45. The first-order valence-electron chi connectivity index (χ1n) is 5.46. The van der Waals surface area contributed by atoms with Crippen molar-refractivity contribution in [2.24, 2.45) is 0 Å². The molecule has 3 heteroatoms. The quantitative estimate of drug-likeness (QED) is 0.593. The maximum absolute atomic E-state index is 6.02. The lowest BCUT2D eigenvalue weighted by atomic mass is 10.4. The smallest absolute Gasteiger partial charge is 0.218 e. The van der Waals surface area contributed by atoms with Crippen molar-refractivity contribution in [2.75, 3.05) is 6.61 Å². The van der Waals surface area contributed by atoms with Gasteiger partial charge in [-0.25, -0.2) is 0 Å². The molecular weight excluding hydrogens is 268 g/mol. The van der Waals surface area contributed by atoms with Crippen LogP contribution in [0.1, 0.15) is 19.8 Å². The molecule has 1 nitrogen and oxygen atoms in total. The molecule has 0 heterocycles. The predicted molar refractivity (Wildman–Crippen MR) is 72.1 cm³/mol. The van der Waals surface area contributed by atoms with Gasteiger partial charge in [0.1, 0.15) is 0 Å². The third-order valence-corrected chi connectivity index (χ3v) is 5.68. The monoisotopic (exact) mass is 286 g/mol. The van der Waals surface area contributed by atoms with Gasteiger partial charge in [-0.15, -0.1) is 0 Å². The summed E-state index contributed by atoms with van der Waals surface area (Å²) in [5, 5.41) is 1.36. The Morgan fingerprint density at radius 3 is 2.33 bits per heavy atom. The van der Waals surface area contributed by atoms with Crippen molar-refractivity contribution >= 4 is 29.4 Å². The van der Waals surface area contributed by atoms with Crippen molar-refractivity contribution in [3.8, 4) is 0 Å². The molecule has 0 N–H and O–H groups in total. The van der Waals surface area contributed by atoms with Crippen molar-refractivity contribution in [1.29, 1.82) is 0 Å². The van der Waals surface area contributed by atoms with Crippen LogP contribution in [0.5, 0.6) is 0 Å². The highest BCUT2D eigenvalue weighted by Crippen LogP contribution is 2.11.